The predicted octanol–water partition coefficient (Wildman–Crippen LogP) is 2.85. The largest absolute Gasteiger partial charge is 0.338 e. The van der Waals surface area contributed by atoms with Crippen LogP contribution in [0.25, 0.3) is 0 Å². The maximum Gasteiger partial charge on any atom is 0.245 e. The quantitative estimate of drug-likeness (QED) is 0.639. The minimum atomic E-state index is -0.330. The summed E-state index contributed by atoms with van der Waals surface area (Å²) in [5.41, 5.74) is 3.85. The normalized spacial score (nSPS) is 22.6. The van der Waals surface area contributed by atoms with E-state index >= 15 is 0 Å². The van der Waals surface area contributed by atoms with Gasteiger partial charge in [-0.25, -0.2) is 0 Å². The zero-order valence-corrected chi connectivity index (χ0v) is 20.9. The van der Waals surface area contributed by atoms with E-state index in [4.69, 9.17) is 0 Å². The number of carbonyl (C=O) groups is 2. The van der Waals surface area contributed by atoms with Crippen molar-refractivity contribution in [1.29, 1.82) is 0 Å². The topological polar surface area (TPSA) is 55.9 Å². The van der Waals surface area contributed by atoms with E-state index in [1.807, 2.05) is 9.80 Å². The molecular formula is C29H38N4O2. The zero-order valence-electron chi connectivity index (χ0n) is 20.9. The van der Waals surface area contributed by atoms with Crippen molar-refractivity contribution < 1.29 is 9.59 Å². The molecule has 1 aliphatic carbocycles. The SMILES string of the molecule is Cc1ccc(CN(CCc2ccccc2)C2CC(C(=O)N3CCNCC3)N(C(=O)C3CC3)C2)cc1. The van der Waals surface area contributed by atoms with Gasteiger partial charge in [-0.3, -0.25) is 14.5 Å². The summed E-state index contributed by atoms with van der Waals surface area (Å²) in [6, 6.07) is 19.2. The van der Waals surface area contributed by atoms with Gasteiger partial charge in [0.05, 0.1) is 0 Å². The third kappa shape index (κ3) is 5.93. The smallest absolute Gasteiger partial charge is 0.245 e. The summed E-state index contributed by atoms with van der Waals surface area (Å²) < 4.78 is 0. The van der Waals surface area contributed by atoms with E-state index in [9.17, 15) is 9.59 Å². The van der Waals surface area contributed by atoms with E-state index in [2.05, 4.69) is 71.7 Å². The van der Waals surface area contributed by atoms with Gasteiger partial charge < -0.3 is 15.1 Å². The lowest BCUT2D eigenvalue weighted by Gasteiger charge is -2.32. The van der Waals surface area contributed by atoms with Crippen LogP contribution in [-0.4, -0.2) is 77.9 Å². The Hall–Kier alpha value is -2.70. The Morgan fingerprint density at radius 2 is 1.66 bits per heavy atom. The van der Waals surface area contributed by atoms with Crippen LogP contribution in [0.5, 0.6) is 0 Å². The Morgan fingerprint density at radius 1 is 0.943 bits per heavy atom. The minimum Gasteiger partial charge on any atom is -0.338 e. The molecule has 2 unspecified atom stereocenters. The van der Waals surface area contributed by atoms with Crippen LogP contribution in [0.15, 0.2) is 54.6 Å². The van der Waals surface area contributed by atoms with E-state index in [0.29, 0.717) is 6.54 Å². The third-order valence-electron chi connectivity index (χ3n) is 7.76. The summed E-state index contributed by atoms with van der Waals surface area (Å²) >= 11 is 0. The Bertz CT molecular complexity index is 999. The number of rotatable bonds is 8. The van der Waals surface area contributed by atoms with Crippen LogP contribution in [0.4, 0.5) is 0 Å². The molecule has 0 radical (unpaired) electrons. The molecule has 5 rings (SSSR count). The van der Waals surface area contributed by atoms with Crippen molar-refractivity contribution in [3.63, 3.8) is 0 Å². The van der Waals surface area contributed by atoms with Gasteiger partial charge in [-0.05, 0) is 43.7 Å². The molecule has 2 amide bonds. The summed E-state index contributed by atoms with van der Waals surface area (Å²) in [6.07, 6.45) is 3.61. The first-order valence-electron chi connectivity index (χ1n) is 13.2. The summed E-state index contributed by atoms with van der Waals surface area (Å²) in [4.78, 5) is 33.3. The van der Waals surface area contributed by atoms with Crippen molar-refractivity contribution in [3.8, 4) is 0 Å². The van der Waals surface area contributed by atoms with E-state index in [0.717, 1.165) is 65.0 Å². The average molecular weight is 475 g/mol. The van der Waals surface area contributed by atoms with Crippen LogP contribution in [0.1, 0.15) is 36.0 Å². The summed E-state index contributed by atoms with van der Waals surface area (Å²) in [6.45, 7) is 7.61. The van der Waals surface area contributed by atoms with Gasteiger partial charge in [0.25, 0.3) is 0 Å². The summed E-state index contributed by atoms with van der Waals surface area (Å²) in [7, 11) is 0. The lowest BCUT2D eigenvalue weighted by molar-refractivity contribution is -0.144. The number of aryl methyl sites for hydroxylation is 1. The molecule has 0 aromatic heterocycles. The maximum absolute atomic E-state index is 13.6. The molecule has 6 heteroatoms. The van der Waals surface area contributed by atoms with Crippen molar-refractivity contribution in [2.24, 2.45) is 5.92 Å². The minimum absolute atomic E-state index is 0.127. The van der Waals surface area contributed by atoms with Crippen LogP contribution in [0.3, 0.4) is 0 Å². The maximum atomic E-state index is 13.6. The second-order valence-corrected chi connectivity index (χ2v) is 10.4. The van der Waals surface area contributed by atoms with Gasteiger partial charge in [0.15, 0.2) is 0 Å². The van der Waals surface area contributed by atoms with Gasteiger partial charge in [-0.2, -0.15) is 0 Å². The fourth-order valence-corrected chi connectivity index (χ4v) is 5.45. The number of hydrogen-bond acceptors (Lipinski definition) is 4. The Labute approximate surface area is 209 Å². The highest BCUT2D eigenvalue weighted by molar-refractivity contribution is 5.90. The summed E-state index contributed by atoms with van der Waals surface area (Å²) in [5, 5.41) is 3.33. The van der Waals surface area contributed by atoms with Gasteiger partial charge >= 0.3 is 0 Å². The average Bonchev–Trinajstić information content (AvgIpc) is 3.66. The van der Waals surface area contributed by atoms with Crippen molar-refractivity contribution in [2.45, 2.75) is 51.2 Å². The van der Waals surface area contributed by atoms with Crippen LogP contribution >= 0.6 is 0 Å². The number of nitrogens with one attached hydrogen (secondary N) is 1. The van der Waals surface area contributed by atoms with Crippen LogP contribution < -0.4 is 5.32 Å². The molecular weight excluding hydrogens is 436 g/mol. The first kappa shape index (κ1) is 24.0. The molecule has 0 spiro atoms. The monoisotopic (exact) mass is 474 g/mol. The van der Waals surface area contributed by atoms with Crippen molar-refractivity contribution in [2.75, 3.05) is 39.3 Å². The van der Waals surface area contributed by atoms with Gasteiger partial charge in [0, 0.05) is 57.8 Å². The van der Waals surface area contributed by atoms with Gasteiger partial charge in [0.1, 0.15) is 6.04 Å². The van der Waals surface area contributed by atoms with Gasteiger partial charge in [0.2, 0.25) is 11.8 Å². The van der Waals surface area contributed by atoms with Crippen LogP contribution in [-0.2, 0) is 22.6 Å². The highest BCUT2D eigenvalue weighted by Crippen LogP contribution is 2.35. The van der Waals surface area contributed by atoms with Crippen LogP contribution in [0, 0.1) is 12.8 Å². The molecule has 1 N–H and O–H groups in total. The van der Waals surface area contributed by atoms with E-state index < -0.39 is 0 Å². The Morgan fingerprint density at radius 3 is 2.34 bits per heavy atom. The molecule has 186 valence electrons. The Balaban J connectivity index is 1.35. The molecule has 2 heterocycles. The molecule has 2 aliphatic heterocycles. The molecule has 2 saturated heterocycles. The molecule has 6 nitrogen and oxygen atoms in total. The zero-order chi connectivity index (χ0) is 24.2. The summed E-state index contributed by atoms with van der Waals surface area (Å²) in [5.74, 6) is 0.461. The second-order valence-electron chi connectivity index (χ2n) is 10.4. The molecule has 2 aromatic rings. The molecule has 35 heavy (non-hydrogen) atoms. The fraction of sp³-hybridized carbons (Fsp3) is 0.517. The predicted molar refractivity (Wildman–Crippen MR) is 138 cm³/mol. The van der Waals surface area contributed by atoms with Crippen LogP contribution in [0.2, 0.25) is 0 Å². The van der Waals surface area contributed by atoms with Gasteiger partial charge in [-0.1, -0.05) is 60.2 Å². The van der Waals surface area contributed by atoms with E-state index in [1.165, 1.54) is 16.7 Å². The van der Waals surface area contributed by atoms with Crippen molar-refractivity contribution in [3.05, 3.63) is 71.3 Å². The number of piperazine rings is 1. The molecule has 3 fully saturated rings. The first-order chi connectivity index (χ1) is 17.1. The molecule has 2 aromatic carbocycles. The number of benzene rings is 2. The molecule has 0 bridgehead atoms. The number of hydrogen-bond donors (Lipinski definition) is 1. The highest BCUT2D eigenvalue weighted by atomic mass is 16.2. The molecule has 2 atom stereocenters. The standard InChI is InChI=1S/C29H38N4O2/c1-22-7-9-24(10-8-22)20-32(16-13-23-5-3-2-4-6-23)26-19-27(29(35)31-17-14-30-15-18-31)33(21-26)28(34)25-11-12-25/h2-10,25-27,30H,11-21H2,1H3. The first-order valence-corrected chi connectivity index (χ1v) is 13.2. The number of amides is 2. The fourth-order valence-electron chi connectivity index (χ4n) is 5.45. The lowest BCUT2D eigenvalue weighted by atomic mass is 10.1. The van der Waals surface area contributed by atoms with Crippen molar-refractivity contribution >= 4 is 11.8 Å². The number of nitrogens with zero attached hydrogens (tertiary/aromatic N) is 3. The third-order valence-corrected chi connectivity index (χ3v) is 7.76. The number of carbonyl (C=O) groups excluding carboxylic acids is 2. The van der Waals surface area contributed by atoms with E-state index in [1.54, 1.807) is 0 Å². The highest BCUT2D eigenvalue weighted by Gasteiger charge is 2.46. The van der Waals surface area contributed by atoms with Crippen molar-refractivity contribution in [1.82, 2.24) is 20.0 Å². The van der Waals surface area contributed by atoms with E-state index in [-0.39, 0.29) is 29.8 Å². The number of likely N-dealkylation sites (tertiary alicyclic amines) is 1. The Kier molecular flexibility index (Phi) is 7.49. The second kappa shape index (κ2) is 10.9. The lowest BCUT2D eigenvalue weighted by Crippen LogP contribution is -2.53. The molecule has 3 aliphatic rings. The molecule has 1 saturated carbocycles. The van der Waals surface area contributed by atoms with Gasteiger partial charge in [-0.15, -0.1) is 0 Å².